The molecule has 0 fully saturated rings. The number of hydrogen-bond acceptors (Lipinski definition) is 11. The average Bonchev–Trinajstić information content (AvgIpc) is 3.66. The van der Waals surface area contributed by atoms with E-state index in [0.29, 0.717) is 107 Å². The number of aliphatic imine (C=N–C) groups is 1. The van der Waals surface area contributed by atoms with Crippen molar-refractivity contribution < 1.29 is 28.2 Å². The predicted octanol–water partition coefficient (Wildman–Crippen LogP) is 3.75. The SMILES string of the molecule is C=NC(=N)c1c(-c2ccc3oc(N)nc3c2)nn(Cc2ccc3c(c2)CCN(C(=O)CCOCCOCCOCCOCC)C3)c1NC. The Balaban J connectivity index is 1.15. The molecule has 1 aliphatic heterocycles. The van der Waals surface area contributed by atoms with Gasteiger partial charge in [0.05, 0.1) is 64.8 Å². The van der Waals surface area contributed by atoms with Crippen LogP contribution in [0.25, 0.3) is 22.4 Å². The standard InChI is InChI=1S/C34H44N8O6/c1-4-44-13-14-46-17-18-47-16-15-45-12-10-29(43)41-11-9-24-19-23(5-6-26(24)22-41)21-42-33(38-3)30(32(35)37-2)31(40-42)25-7-8-28-27(20-25)39-34(36)48-28/h5-8,19-20,35,38H,2,4,9-18,21-22H2,1,3H3,(H2,36,39). The minimum Gasteiger partial charge on any atom is -0.424 e. The van der Waals surface area contributed by atoms with Crippen molar-refractivity contribution in [1.82, 2.24) is 19.7 Å². The number of carbonyl (C=O) groups excluding carboxylic acids is 1. The third kappa shape index (κ3) is 8.63. The molecule has 1 amide bonds. The van der Waals surface area contributed by atoms with Crippen LogP contribution < -0.4 is 11.1 Å². The second-order valence-electron chi connectivity index (χ2n) is 11.2. The van der Waals surface area contributed by atoms with E-state index in [1.807, 2.05) is 28.6 Å². The van der Waals surface area contributed by atoms with E-state index >= 15 is 0 Å². The summed E-state index contributed by atoms with van der Waals surface area (Å²) in [5.74, 6) is 0.727. The molecule has 2 aromatic heterocycles. The van der Waals surface area contributed by atoms with E-state index < -0.39 is 0 Å². The lowest BCUT2D eigenvalue weighted by Gasteiger charge is -2.29. The van der Waals surface area contributed by atoms with Gasteiger partial charge in [0.25, 0.3) is 6.01 Å². The molecule has 0 spiro atoms. The van der Waals surface area contributed by atoms with Crippen LogP contribution in [0.15, 0.2) is 45.8 Å². The van der Waals surface area contributed by atoms with Crippen LogP contribution in [-0.4, -0.2) is 105 Å². The third-order valence-electron chi connectivity index (χ3n) is 8.01. The maximum absolute atomic E-state index is 12.9. The van der Waals surface area contributed by atoms with Crippen molar-refractivity contribution in [3.8, 4) is 11.3 Å². The highest BCUT2D eigenvalue weighted by molar-refractivity contribution is 6.08. The zero-order chi connectivity index (χ0) is 33.9. The maximum atomic E-state index is 12.9. The first-order valence-corrected chi connectivity index (χ1v) is 16.1. The van der Waals surface area contributed by atoms with Crippen LogP contribution >= 0.6 is 0 Å². The van der Waals surface area contributed by atoms with Gasteiger partial charge in [0.15, 0.2) is 11.4 Å². The highest BCUT2D eigenvalue weighted by Crippen LogP contribution is 2.33. The first kappa shape index (κ1) is 34.7. The van der Waals surface area contributed by atoms with Crippen molar-refractivity contribution in [3.63, 3.8) is 0 Å². The number of nitrogens with two attached hydrogens (primary N) is 1. The van der Waals surface area contributed by atoms with Gasteiger partial charge in [-0.25, -0.2) is 9.67 Å². The van der Waals surface area contributed by atoms with E-state index in [4.69, 9.17) is 39.6 Å². The summed E-state index contributed by atoms with van der Waals surface area (Å²) in [5, 5.41) is 16.6. The number of hydrogen-bond donors (Lipinski definition) is 3. The zero-order valence-electron chi connectivity index (χ0n) is 27.6. The van der Waals surface area contributed by atoms with Crippen molar-refractivity contribution >= 4 is 41.4 Å². The number of anilines is 2. The summed E-state index contributed by atoms with van der Waals surface area (Å²) in [6.07, 6.45) is 1.09. The molecule has 14 nitrogen and oxygen atoms in total. The van der Waals surface area contributed by atoms with Crippen molar-refractivity contribution in [1.29, 1.82) is 5.41 Å². The molecule has 4 aromatic rings. The van der Waals surface area contributed by atoms with Crippen molar-refractivity contribution in [2.24, 2.45) is 4.99 Å². The monoisotopic (exact) mass is 660 g/mol. The number of nitrogen functional groups attached to an aromatic ring is 1. The van der Waals surface area contributed by atoms with E-state index in [9.17, 15) is 4.79 Å². The number of nitrogens with zero attached hydrogens (tertiary/aromatic N) is 5. The van der Waals surface area contributed by atoms with E-state index in [0.717, 1.165) is 23.1 Å². The first-order chi connectivity index (χ1) is 23.4. The minimum absolute atomic E-state index is 0.00384. The van der Waals surface area contributed by atoms with Crippen LogP contribution in [0.3, 0.4) is 0 Å². The van der Waals surface area contributed by atoms with Crippen molar-refractivity contribution in [3.05, 3.63) is 58.7 Å². The summed E-state index contributed by atoms with van der Waals surface area (Å²) in [5.41, 5.74) is 12.2. The predicted molar refractivity (Wildman–Crippen MR) is 184 cm³/mol. The van der Waals surface area contributed by atoms with Crippen LogP contribution in [0.2, 0.25) is 0 Å². The molecule has 256 valence electrons. The summed E-state index contributed by atoms with van der Waals surface area (Å²) in [6, 6.07) is 11.9. The quantitative estimate of drug-likeness (QED) is 0.0810. The Morgan fingerprint density at radius 3 is 2.48 bits per heavy atom. The lowest BCUT2D eigenvalue weighted by atomic mass is 9.97. The number of ether oxygens (including phenoxy) is 4. The fourth-order valence-corrected chi connectivity index (χ4v) is 5.64. The minimum atomic E-state index is 0.00384. The molecule has 0 saturated heterocycles. The normalized spacial score (nSPS) is 12.8. The molecule has 0 radical (unpaired) electrons. The second-order valence-corrected chi connectivity index (χ2v) is 11.2. The van der Waals surface area contributed by atoms with Crippen molar-refractivity contribution in [2.45, 2.75) is 32.9 Å². The second kappa shape index (κ2) is 17.0. The fourth-order valence-electron chi connectivity index (χ4n) is 5.64. The summed E-state index contributed by atoms with van der Waals surface area (Å²) in [6.45, 7) is 11.3. The fraction of sp³-hybridized carbons (Fsp3) is 0.441. The van der Waals surface area contributed by atoms with E-state index in [-0.39, 0.29) is 17.8 Å². The first-order valence-electron chi connectivity index (χ1n) is 16.1. The van der Waals surface area contributed by atoms with Gasteiger partial charge in [-0.1, -0.05) is 18.2 Å². The summed E-state index contributed by atoms with van der Waals surface area (Å²) < 4.78 is 29.0. The number of amidine groups is 1. The van der Waals surface area contributed by atoms with Gasteiger partial charge in [-0.3, -0.25) is 10.2 Å². The molecule has 1 aliphatic rings. The molecule has 0 unspecified atom stereocenters. The Morgan fingerprint density at radius 2 is 1.77 bits per heavy atom. The topological polar surface area (TPSA) is 175 Å². The Morgan fingerprint density at radius 1 is 1.04 bits per heavy atom. The van der Waals surface area contributed by atoms with Crippen LogP contribution in [0.5, 0.6) is 0 Å². The van der Waals surface area contributed by atoms with E-state index in [1.54, 1.807) is 13.1 Å². The van der Waals surface area contributed by atoms with E-state index in [1.165, 1.54) is 5.56 Å². The molecular formula is C34H44N8O6. The summed E-state index contributed by atoms with van der Waals surface area (Å²) in [4.78, 5) is 22.9. The van der Waals surface area contributed by atoms with Crippen LogP contribution in [0.4, 0.5) is 11.8 Å². The molecule has 4 N–H and O–H groups in total. The average molecular weight is 661 g/mol. The van der Waals surface area contributed by atoms with Gasteiger partial charge < -0.3 is 39.3 Å². The number of oxazole rings is 1. The molecule has 0 aliphatic carbocycles. The summed E-state index contributed by atoms with van der Waals surface area (Å²) >= 11 is 0. The Hall–Kier alpha value is -4.63. The number of nitrogens with one attached hydrogen (secondary N) is 2. The number of fused-ring (bicyclic) bond motifs is 2. The van der Waals surface area contributed by atoms with Gasteiger partial charge >= 0.3 is 0 Å². The Labute approximate surface area is 279 Å². The van der Waals surface area contributed by atoms with E-state index in [2.05, 4.69) is 40.2 Å². The largest absolute Gasteiger partial charge is 0.424 e. The van der Waals surface area contributed by atoms with Gasteiger partial charge in [0, 0.05) is 32.3 Å². The molecule has 0 saturated carbocycles. The third-order valence-corrected chi connectivity index (χ3v) is 8.01. The molecule has 2 aromatic carbocycles. The lowest BCUT2D eigenvalue weighted by molar-refractivity contribution is -0.133. The van der Waals surface area contributed by atoms with Crippen LogP contribution in [0, 0.1) is 5.41 Å². The van der Waals surface area contributed by atoms with Gasteiger partial charge in [-0.15, -0.1) is 0 Å². The molecular weight excluding hydrogens is 616 g/mol. The number of aromatic nitrogens is 3. The Bertz CT molecular complexity index is 1720. The molecule has 5 rings (SSSR count). The number of benzene rings is 2. The van der Waals surface area contributed by atoms with Crippen LogP contribution in [-0.2, 0) is 43.3 Å². The van der Waals surface area contributed by atoms with Gasteiger partial charge in [-0.05, 0) is 55.0 Å². The number of amides is 1. The number of rotatable bonds is 18. The molecule has 3 heterocycles. The molecule has 0 bridgehead atoms. The molecule has 0 atom stereocenters. The number of carbonyl (C=O) groups is 1. The Kier molecular flexibility index (Phi) is 12.3. The van der Waals surface area contributed by atoms with Gasteiger partial charge in [0.2, 0.25) is 5.91 Å². The highest BCUT2D eigenvalue weighted by Gasteiger charge is 2.24. The highest BCUT2D eigenvalue weighted by atomic mass is 16.6. The smallest absolute Gasteiger partial charge is 0.292 e. The zero-order valence-corrected chi connectivity index (χ0v) is 27.6. The molecule has 14 heteroatoms. The van der Waals surface area contributed by atoms with Gasteiger partial charge in [0.1, 0.15) is 17.0 Å². The van der Waals surface area contributed by atoms with Gasteiger partial charge in [-0.2, -0.15) is 10.1 Å². The molecule has 48 heavy (non-hydrogen) atoms. The summed E-state index contributed by atoms with van der Waals surface area (Å²) in [7, 11) is 1.79. The maximum Gasteiger partial charge on any atom is 0.292 e. The van der Waals surface area contributed by atoms with Crippen molar-refractivity contribution in [2.75, 3.05) is 77.5 Å². The van der Waals surface area contributed by atoms with Crippen LogP contribution in [0.1, 0.15) is 35.6 Å². The lowest BCUT2D eigenvalue weighted by Crippen LogP contribution is -2.36.